The van der Waals surface area contributed by atoms with Crippen LogP contribution in [0.2, 0.25) is 0 Å². The van der Waals surface area contributed by atoms with Crippen molar-refractivity contribution in [1.82, 2.24) is 0 Å². The number of halogens is 1. The van der Waals surface area contributed by atoms with Crippen LogP contribution in [-0.2, 0) is 0 Å². The largest absolute Gasteiger partial charge is 0.384 e. The lowest BCUT2D eigenvalue weighted by atomic mass is 9.91. The number of aryl methyl sites for hydroxylation is 2. The zero-order chi connectivity index (χ0) is 15.0. The van der Waals surface area contributed by atoms with E-state index in [0.29, 0.717) is 0 Å². The summed E-state index contributed by atoms with van der Waals surface area (Å²) in [6, 6.07) is 18.5. The van der Waals surface area contributed by atoms with Crippen molar-refractivity contribution in [3.8, 4) is 0 Å². The zero-order valence-corrected chi connectivity index (χ0v) is 14.3. The molecule has 0 radical (unpaired) electrons. The fourth-order valence-corrected chi connectivity index (χ4v) is 3.46. The molecule has 0 heterocycles. The zero-order valence-electron chi connectivity index (χ0n) is 12.1. The molecular formula is C19H17IO. The molecule has 0 spiro atoms. The van der Waals surface area contributed by atoms with E-state index >= 15 is 0 Å². The second kappa shape index (κ2) is 5.78. The van der Waals surface area contributed by atoms with E-state index in [9.17, 15) is 5.11 Å². The maximum Gasteiger partial charge on any atom is 0.106 e. The lowest BCUT2D eigenvalue weighted by Gasteiger charge is -2.19. The summed E-state index contributed by atoms with van der Waals surface area (Å²) in [5.74, 6) is 0. The van der Waals surface area contributed by atoms with Crippen LogP contribution >= 0.6 is 22.6 Å². The summed E-state index contributed by atoms with van der Waals surface area (Å²) in [5, 5.41) is 13.3. The van der Waals surface area contributed by atoms with Crippen LogP contribution < -0.4 is 0 Å². The number of hydrogen-bond acceptors (Lipinski definition) is 1. The molecule has 0 bridgehead atoms. The van der Waals surface area contributed by atoms with Gasteiger partial charge < -0.3 is 5.11 Å². The lowest BCUT2D eigenvalue weighted by Crippen LogP contribution is -2.06. The Labute approximate surface area is 138 Å². The third-order valence-corrected chi connectivity index (χ3v) is 5.45. The molecule has 1 nitrogen and oxygen atoms in total. The number of rotatable bonds is 2. The molecule has 3 rings (SSSR count). The number of fused-ring (bicyclic) bond motifs is 1. The fraction of sp³-hybridized carbons (Fsp3) is 0.158. The molecule has 21 heavy (non-hydrogen) atoms. The molecule has 1 atom stereocenters. The SMILES string of the molecule is Cc1cccc(C(O)c2c(C)ccc3ccccc23)c1I. The van der Waals surface area contributed by atoms with E-state index in [0.717, 1.165) is 25.6 Å². The Morgan fingerprint density at radius 2 is 1.62 bits per heavy atom. The summed E-state index contributed by atoms with van der Waals surface area (Å²) >= 11 is 2.32. The highest BCUT2D eigenvalue weighted by Gasteiger charge is 2.18. The summed E-state index contributed by atoms with van der Waals surface area (Å²) in [6.07, 6.45) is -0.595. The minimum Gasteiger partial charge on any atom is -0.384 e. The fourth-order valence-electron chi connectivity index (χ4n) is 2.80. The molecule has 2 heteroatoms. The van der Waals surface area contributed by atoms with Gasteiger partial charge in [-0.2, -0.15) is 0 Å². The summed E-state index contributed by atoms with van der Waals surface area (Å²) in [6.45, 7) is 4.14. The molecule has 1 unspecified atom stereocenters. The van der Waals surface area contributed by atoms with Crippen LogP contribution in [0.15, 0.2) is 54.6 Å². The van der Waals surface area contributed by atoms with Crippen molar-refractivity contribution in [3.63, 3.8) is 0 Å². The van der Waals surface area contributed by atoms with Gasteiger partial charge in [0, 0.05) is 3.57 Å². The van der Waals surface area contributed by atoms with Gasteiger partial charge in [-0.25, -0.2) is 0 Å². The van der Waals surface area contributed by atoms with Gasteiger partial charge in [0.1, 0.15) is 6.10 Å². The predicted octanol–water partition coefficient (Wildman–Crippen LogP) is 5.14. The first-order chi connectivity index (χ1) is 10.1. The van der Waals surface area contributed by atoms with Crippen LogP contribution in [0.1, 0.15) is 28.4 Å². The summed E-state index contributed by atoms with van der Waals surface area (Å²) < 4.78 is 1.13. The molecule has 0 fully saturated rings. The number of benzene rings is 3. The van der Waals surface area contributed by atoms with Crippen LogP contribution in [-0.4, -0.2) is 5.11 Å². The monoisotopic (exact) mass is 388 g/mol. The van der Waals surface area contributed by atoms with E-state index in [1.54, 1.807) is 0 Å². The maximum atomic E-state index is 11.0. The first-order valence-corrected chi connectivity index (χ1v) is 8.09. The van der Waals surface area contributed by atoms with Gasteiger partial charge in [0.15, 0.2) is 0 Å². The minimum absolute atomic E-state index is 0.595. The maximum absolute atomic E-state index is 11.0. The lowest BCUT2D eigenvalue weighted by molar-refractivity contribution is 0.220. The van der Waals surface area contributed by atoms with Crippen molar-refractivity contribution >= 4 is 33.4 Å². The van der Waals surface area contributed by atoms with Crippen molar-refractivity contribution in [3.05, 3.63) is 80.4 Å². The average Bonchev–Trinajstić information content (AvgIpc) is 2.49. The van der Waals surface area contributed by atoms with Crippen LogP contribution in [0.4, 0.5) is 0 Å². The molecule has 0 amide bonds. The Balaban J connectivity index is 2.24. The third-order valence-electron chi connectivity index (χ3n) is 3.98. The van der Waals surface area contributed by atoms with Crippen LogP contribution in [0.5, 0.6) is 0 Å². The first kappa shape index (κ1) is 14.5. The summed E-state index contributed by atoms with van der Waals surface area (Å²) in [7, 11) is 0. The van der Waals surface area contributed by atoms with Crippen LogP contribution in [0.3, 0.4) is 0 Å². The van der Waals surface area contributed by atoms with Gasteiger partial charge in [-0.15, -0.1) is 0 Å². The molecule has 0 aromatic heterocycles. The Bertz CT molecular complexity index is 808. The van der Waals surface area contributed by atoms with Gasteiger partial charge in [0.25, 0.3) is 0 Å². The molecule has 0 aliphatic heterocycles. The van der Waals surface area contributed by atoms with E-state index < -0.39 is 6.10 Å². The molecule has 0 aliphatic carbocycles. The van der Waals surface area contributed by atoms with E-state index in [1.807, 2.05) is 24.3 Å². The van der Waals surface area contributed by atoms with Crippen molar-refractivity contribution in [1.29, 1.82) is 0 Å². The van der Waals surface area contributed by atoms with E-state index in [1.165, 1.54) is 10.9 Å². The topological polar surface area (TPSA) is 20.2 Å². The Kier molecular flexibility index (Phi) is 4.00. The third kappa shape index (κ3) is 2.58. The molecule has 3 aromatic carbocycles. The van der Waals surface area contributed by atoms with Gasteiger partial charge >= 0.3 is 0 Å². The van der Waals surface area contributed by atoms with Gasteiger partial charge in [0.05, 0.1) is 0 Å². The Morgan fingerprint density at radius 1 is 0.857 bits per heavy atom. The molecule has 106 valence electrons. The van der Waals surface area contributed by atoms with Gasteiger partial charge in [-0.3, -0.25) is 0 Å². The normalized spacial score (nSPS) is 12.6. The summed E-state index contributed by atoms with van der Waals surface area (Å²) in [5.41, 5.74) is 4.32. The second-order valence-electron chi connectivity index (χ2n) is 5.40. The van der Waals surface area contributed by atoms with Crippen molar-refractivity contribution in [2.45, 2.75) is 20.0 Å². The number of hydrogen-bond donors (Lipinski definition) is 1. The van der Waals surface area contributed by atoms with Crippen LogP contribution in [0, 0.1) is 17.4 Å². The molecule has 0 saturated carbocycles. The van der Waals surface area contributed by atoms with Crippen molar-refractivity contribution in [2.75, 3.05) is 0 Å². The first-order valence-electron chi connectivity index (χ1n) is 7.01. The van der Waals surface area contributed by atoms with E-state index in [2.05, 4.69) is 66.8 Å². The number of aliphatic hydroxyl groups excluding tert-OH is 1. The van der Waals surface area contributed by atoms with Gasteiger partial charge in [0.2, 0.25) is 0 Å². The van der Waals surface area contributed by atoms with Crippen molar-refractivity contribution < 1.29 is 5.11 Å². The number of aliphatic hydroxyl groups is 1. The van der Waals surface area contributed by atoms with E-state index in [4.69, 9.17) is 0 Å². The molecule has 0 saturated heterocycles. The standard InChI is InChI=1S/C19H17IO/c1-12-10-11-14-7-3-4-8-15(14)17(12)19(21)16-9-5-6-13(2)18(16)20/h3-11,19,21H,1-2H3. The molecule has 0 aliphatic rings. The quantitative estimate of drug-likeness (QED) is 0.603. The highest BCUT2D eigenvalue weighted by atomic mass is 127. The Morgan fingerprint density at radius 3 is 2.43 bits per heavy atom. The molecule has 1 N–H and O–H groups in total. The van der Waals surface area contributed by atoms with Gasteiger partial charge in [-0.1, -0.05) is 54.6 Å². The highest BCUT2D eigenvalue weighted by Crippen LogP contribution is 2.34. The van der Waals surface area contributed by atoms with E-state index in [-0.39, 0.29) is 0 Å². The van der Waals surface area contributed by atoms with Gasteiger partial charge in [-0.05, 0) is 69.5 Å². The minimum atomic E-state index is -0.595. The second-order valence-corrected chi connectivity index (χ2v) is 6.48. The predicted molar refractivity (Wildman–Crippen MR) is 96.6 cm³/mol. The van der Waals surface area contributed by atoms with Crippen molar-refractivity contribution in [2.24, 2.45) is 0 Å². The Hall–Kier alpha value is -1.39. The highest BCUT2D eigenvalue weighted by molar-refractivity contribution is 14.1. The molecule has 3 aromatic rings. The smallest absolute Gasteiger partial charge is 0.106 e. The van der Waals surface area contributed by atoms with Crippen LogP contribution in [0.25, 0.3) is 10.8 Å². The molecular weight excluding hydrogens is 371 g/mol. The summed E-state index contributed by atoms with van der Waals surface area (Å²) in [4.78, 5) is 0. The average molecular weight is 388 g/mol.